The molecule has 6 heteroatoms. The summed E-state index contributed by atoms with van der Waals surface area (Å²) >= 11 is 0. The summed E-state index contributed by atoms with van der Waals surface area (Å²) < 4.78 is 18.6. The van der Waals surface area contributed by atoms with Gasteiger partial charge in [0.05, 0.1) is 13.2 Å². The molecule has 0 spiro atoms. The topological polar surface area (TPSA) is 53.6 Å². The van der Waals surface area contributed by atoms with E-state index in [1.54, 1.807) is 12.1 Å². The molecule has 0 saturated carbocycles. The van der Waals surface area contributed by atoms with Crippen molar-refractivity contribution in [2.24, 2.45) is 0 Å². The van der Waals surface area contributed by atoms with Crippen LogP contribution in [0.25, 0.3) is 0 Å². The van der Waals surface area contributed by atoms with E-state index in [0.717, 1.165) is 44.0 Å². The Morgan fingerprint density at radius 3 is 2.38 bits per heavy atom. The summed E-state index contributed by atoms with van der Waals surface area (Å²) in [6.07, 6.45) is 0. The van der Waals surface area contributed by atoms with Crippen molar-refractivity contribution in [1.82, 2.24) is 15.5 Å². The third kappa shape index (κ3) is 6.27. The van der Waals surface area contributed by atoms with Gasteiger partial charge in [-0.2, -0.15) is 0 Å². The number of halogens is 1. The smallest absolute Gasteiger partial charge is 0.315 e. The summed E-state index contributed by atoms with van der Waals surface area (Å²) in [5.41, 5.74) is 3.03. The predicted molar refractivity (Wildman–Crippen MR) is 112 cm³/mol. The first kappa shape index (κ1) is 21.3. The summed E-state index contributed by atoms with van der Waals surface area (Å²) in [4.78, 5) is 14.7. The molecule has 0 radical (unpaired) electrons. The molecule has 1 aliphatic heterocycles. The number of morpholine rings is 1. The molecule has 0 bridgehead atoms. The highest BCUT2D eigenvalue weighted by Gasteiger charge is 2.21. The summed E-state index contributed by atoms with van der Waals surface area (Å²) in [6.45, 7) is 9.25. The molecular formula is C23H30FN3O2. The van der Waals surface area contributed by atoms with Crippen LogP contribution in [0, 0.1) is 5.82 Å². The lowest BCUT2D eigenvalue weighted by Gasteiger charge is -2.27. The van der Waals surface area contributed by atoms with E-state index in [-0.39, 0.29) is 17.3 Å². The minimum atomic E-state index is -0.292. The zero-order chi connectivity index (χ0) is 20.7. The van der Waals surface area contributed by atoms with Crippen LogP contribution in [-0.2, 0) is 23.2 Å². The van der Waals surface area contributed by atoms with Crippen LogP contribution in [0.1, 0.15) is 30.5 Å². The fourth-order valence-electron chi connectivity index (χ4n) is 3.43. The number of carbonyl (C=O) groups excluding carboxylic acids is 1. The first-order valence-corrected chi connectivity index (χ1v) is 10.1. The van der Waals surface area contributed by atoms with E-state index in [1.165, 1.54) is 17.7 Å². The third-order valence-electron chi connectivity index (χ3n) is 5.37. The Balaban J connectivity index is 1.51. The highest BCUT2D eigenvalue weighted by Crippen LogP contribution is 2.22. The summed E-state index contributed by atoms with van der Waals surface area (Å²) in [5.74, 6) is -0.258. The second-order valence-electron chi connectivity index (χ2n) is 8.08. The Morgan fingerprint density at radius 2 is 1.69 bits per heavy atom. The van der Waals surface area contributed by atoms with Crippen LogP contribution >= 0.6 is 0 Å². The molecule has 156 valence electrons. The number of hydrogen-bond acceptors (Lipinski definition) is 3. The lowest BCUT2D eigenvalue weighted by Crippen LogP contribution is -2.42. The Kier molecular flexibility index (Phi) is 7.23. The number of rotatable bonds is 7. The van der Waals surface area contributed by atoms with Gasteiger partial charge in [0.2, 0.25) is 0 Å². The molecule has 1 saturated heterocycles. The minimum Gasteiger partial charge on any atom is -0.379 e. The second kappa shape index (κ2) is 9.85. The molecule has 5 nitrogen and oxygen atoms in total. The van der Waals surface area contributed by atoms with Gasteiger partial charge in [-0.1, -0.05) is 50.2 Å². The van der Waals surface area contributed by atoms with Crippen molar-refractivity contribution in [2.75, 3.05) is 32.8 Å². The molecule has 2 amide bonds. The molecule has 2 aromatic rings. The van der Waals surface area contributed by atoms with E-state index in [9.17, 15) is 9.18 Å². The Bertz CT molecular complexity index is 802. The van der Waals surface area contributed by atoms with Gasteiger partial charge in [-0.3, -0.25) is 4.90 Å². The van der Waals surface area contributed by atoms with Gasteiger partial charge in [0.15, 0.2) is 0 Å². The standard InChI is InChI=1S/C23H30FN3O2/c1-23(2,20-7-9-21(24)10-8-20)17-26-22(28)25-15-18-5-3-4-6-19(18)16-27-11-13-29-14-12-27/h3-10H,11-17H2,1-2H3,(H2,25,26,28). The van der Waals surface area contributed by atoms with E-state index in [2.05, 4.69) is 27.7 Å². The molecule has 2 aromatic carbocycles. The molecular weight excluding hydrogens is 369 g/mol. The molecule has 1 aliphatic rings. The first-order chi connectivity index (χ1) is 13.9. The number of nitrogens with zero attached hydrogens (tertiary/aromatic N) is 1. The van der Waals surface area contributed by atoms with Crippen molar-refractivity contribution in [2.45, 2.75) is 32.4 Å². The van der Waals surface area contributed by atoms with E-state index in [4.69, 9.17) is 4.74 Å². The minimum absolute atomic E-state index is 0.207. The largest absolute Gasteiger partial charge is 0.379 e. The monoisotopic (exact) mass is 399 g/mol. The summed E-state index contributed by atoms with van der Waals surface area (Å²) in [6, 6.07) is 14.4. The number of benzene rings is 2. The number of hydrogen-bond donors (Lipinski definition) is 2. The van der Waals surface area contributed by atoms with Crippen molar-refractivity contribution in [3.05, 3.63) is 71.0 Å². The molecule has 2 N–H and O–H groups in total. The average Bonchev–Trinajstić information content (AvgIpc) is 2.73. The number of ether oxygens (including phenoxy) is 1. The fraction of sp³-hybridized carbons (Fsp3) is 0.435. The number of urea groups is 1. The zero-order valence-corrected chi connectivity index (χ0v) is 17.2. The van der Waals surface area contributed by atoms with Crippen molar-refractivity contribution in [3.8, 4) is 0 Å². The van der Waals surface area contributed by atoms with Gasteiger partial charge >= 0.3 is 6.03 Å². The quantitative estimate of drug-likeness (QED) is 0.750. The van der Waals surface area contributed by atoms with Gasteiger partial charge in [-0.05, 0) is 28.8 Å². The van der Waals surface area contributed by atoms with E-state index in [1.807, 2.05) is 26.0 Å². The van der Waals surface area contributed by atoms with Gasteiger partial charge in [0.1, 0.15) is 5.82 Å². The van der Waals surface area contributed by atoms with Crippen molar-refractivity contribution >= 4 is 6.03 Å². The SMILES string of the molecule is CC(C)(CNC(=O)NCc1ccccc1CN1CCOCC1)c1ccc(F)cc1. The highest BCUT2D eigenvalue weighted by atomic mass is 19.1. The maximum absolute atomic E-state index is 13.1. The van der Waals surface area contributed by atoms with E-state index >= 15 is 0 Å². The predicted octanol–water partition coefficient (Wildman–Crippen LogP) is 3.43. The van der Waals surface area contributed by atoms with Crippen molar-refractivity contribution in [1.29, 1.82) is 0 Å². The van der Waals surface area contributed by atoms with Crippen molar-refractivity contribution < 1.29 is 13.9 Å². The van der Waals surface area contributed by atoms with Gasteiger partial charge in [0, 0.05) is 38.1 Å². The van der Waals surface area contributed by atoms with Crippen LogP contribution in [0.15, 0.2) is 48.5 Å². The molecule has 1 heterocycles. The molecule has 1 fully saturated rings. The van der Waals surface area contributed by atoms with E-state index < -0.39 is 0 Å². The molecule has 0 aromatic heterocycles. The maximum atomic E-state index is 13.1. The number of amides is 2. The van der Waals surface area contributed by atoms with Crippen LogP contribution in [0.4, 0.5) is 9.18 Å². The Hall–Kier alpha value is -2.44. The molecule has 0 atom stereocenters. The summed E-state index contributed by atoms with van der Waals surface area (Å²) in [7, 11) is 0. The van der Waals surface area contributed by atoms with E-state index in [0.29, 0.717) is 13.1 Å². The van der Waals surface area contributed by atoms with Crippen LogP contribution in [0.2, 0.25) is 0 Å². The Morgan fingerprint density at radius 1 is 1.03 bits per heavy atom. The third-order valence-corrected chi connectivity index (χ3v) is 5.37. The van der Waals surface area contributed by atoms with Crippen LogP contribution in [0.5, 0.6) is 0 Å². The second-order valence-corrected chi connectivity index (χ2v) is 8.08. The zero-order valence-electron chi connectivity index (χ0n) is 17.2. The first-order valence-electron chi connectivity index (χ1n) is 10.1. The summed E-state index contributed by atoms with van der Waals surface area (Å²) in [5, 5.41) is 5.89. The van der Waals surface area contributed by atoms with Gasteiger partial charge in [-0.25, -0.2) is 9.18 Å². The molecule has 0 unspecified atom stereocenters. The average molecular weight is 400 g/mol. The molecule has 29 heavy (non-hydrogen) atoms. The lowest BCUT2D eigenvalue weighted by molar-refractivity contribution is 0.0341. The lowest BCUT2D eigenvalue weighted by atomic mass is 9.84. The number of nitrogens with one attached hydrogen (secondary N) is 2. The Labute approximate surface area is 172 Å². The highest BCUT2D eigenvalue weighted by molar-refractivity contribution is 5.74. The normalized spacial score (nSPS) is 15.1. The van der Waals surface area contributed by atoms with Crippen LogP contribution < -0.4 is 10.6 Å². The molecule has 3 rings (SSSR count). The molecule has 0 aliphatic carbocycles. The van der Waals surface area contributed by atoms with Crippen molar-refractivity contribution in [3.63, 3.8) is 0 Å². The van der Waals surface area contributed by atoms with Crippen LogP contribution in [-0.4, -0.2) is 43.8 Å². The maximum Gasteiger partial charge on any atom is 0.315 e. The van der Waals surface area contributed by atoms with Crippen LogP contribution in [0.3, 0.4) is 0 Å². The number of carbonyl (C=O) groups is 1. The van der Waals surface area contributed by atoms with Gasteiger partial charge in [0.25, 0.3) is 0 Å². The van der Waals surface area contributed by atoms with Gasteiger partial charge < -0.3 is 15.4 Å². The fourth-order valence-corrected chi connectivity index (χ4v) is 3.43. The van der Waals surface area contributed by atoms with Gasteiger partial charge in [-0.15, -0.1) is 0 Å².